The standard InChI is InChI=1S/C27H38N2O6/c1-4-17-33-18-8-15-29(27(32)28-24-10-7-6-9-21(24)3)16-19-35-23-13-11-22(12-14-23)20-25(26(30)31)34-5-2/h6-7,9-14,25H,4-5,8,15-20H2,1-3H3,(H,28,32)(H,30,31). The average molecular weight is 487 g/mol. The summed E-state index contributed by atoms with van der Waals surface area (Å²) in [6.07, 6.45) is 1.12. The Morgan fingerprint density at radius 1 is 1.00 bits per heavy atom. The van der Waals surface area contributed by atoms with Crippen LogP contribution in [0.25, 0.3) is 0 Å². The Hall–Kier alpha value is -3.10. The number of ether oxygens (including phenoxy) is 3. The number of anilines is 1. The van der Waals surface area contributed by atoms with Crippen molar-refractivity contribution in [3.05, 3.63) is 59.7 Å². The number of urea groups is 1. The molecule has 0 saturated heterocycles. The fraction of sp³-hybridized carbons (Fsp3) is 0.481. The molecule has 0 radical (unpaired) electrons. The summed E-state index contributed by atoms with van der Waals surface area (Å²) in [7, 11) is 0. The van der Waals surface area contributed by atoms with E-state index in [2.05, 4.69) is 12.2 Å². The van der Waals surface area contributed by atoms with Crippen LogP contribution in [-0.2, 0) is 20.7 Å². The van der Waals surface area contributed by atoms with Gasteiger partial charge in [0.1, 0.15) is 12.4 Å². The van der Waals surface area contributed by atoms with Crippen LogP contribution in [0.4, 0.5) is 10.5 Å². The molecule has 1 atom stereocenters. The topological polar surface area (TPSA) is 97.3 Å². The number of carbonyl (C=O) groups is 2. The molecule has 0 aromatic heterocycles. The van der Waals surface area contributed by atoms with Crippen LogP contribution in [0.5, 0.6) is 5.75 Å². The van der Waals surface area contributed by atoms with Gasteiger partial charge in [0.2, 0.25) is 0 Å². The van der Waals surface area contributed by atoms with Crippen LogP contribution in [0.2, 0.25) is 0 Å². The molecule has 0 saturated carbocycles. The zero-order chi connectivity index (χ0) is 25.5. The largest absolute Gasteiger partial charge is 0.492 e. The van der Waals surface area contributed by atoms with Gasteiger partial charge in [-0.1, -0.05) is 37.3 Å². The third-order valence-electron chi connectivity index (χ3n) is 5.36. The molecule has 0 heterocycles. The predicted molar refractivity (Wildman–Crippen MR) is 136 cm³/mol. The molecular formula is C27H38N2O6. The van der Waals surface area contributed by atoms with E-state index < -0.39 is 12.1 Å². The van der Waals surface area contributed by atoms with Crippen molar-refractivity contribution < 1.29 is 28.9 Å². The van der Waals surface area contributed by atoms with Crippen molar-refractivity contribution in [1.29, 1.82) is 0 Å². The van der Waals surface area contributed by atoms with Gasteiger partial charge in [-0.25, -0.2) is 9.59 Å². The van der Waals surface area contributed by atoms with Gasteiger partial charge in [0.25, 0.3) is 0 Å². The van der Waals surface area contributed by atoms with Crippen LogP contribution in [0.3, 0.4) is 0 Å². The van der Waals surface area contributed by atoms with Crippen LogP contribution >= 0.6 is 0 Å². The summed E-state index contributed by atoms with van der Waals surface area (Å²) in [5, 5.41) is 12.2. The van der Waals surface area contributed by atoms with E-state index in [1.54, 1.807) is 24.0 Å². The number of carbonyl (C=O) groups excluding carboxylic acids is 1. The monoisotopic (exact) mass is 486 g/mol. The van der Waals surface area contributed by atoms with Crippen molar-refractivity contribution in [1.82, 2.24) is 4.90 Å². The van der Waals surface area contributed by atoms with Gasteiger partial charge >= 0.3 is 12.0 Å². The van der Waals surface area contributed by atoms with Crippen molar-refractivity contribution in [2.75, 3.05) is 44.8 Å². The maximum absolute atomic E-state index is 12.9. The van der Waals surface area contributed by atoms with Crippen molar-refractivity contribution >= 4 is 17.7 Å². The Balaban J connectivity index is 1.91. The highest BCUT2D eigenvalue weighted by Crippen LogP contribution is 2.16. The smallest absolute Gasteiger partial charge is 0.333 e. The first-order chi connectivity index (χ1) is 16.9. The van der Waals surface area contributed by atoms with Gasteiger partial charge in [0, 0.05) is 38.5 Å². The van der Waals surface area contributed by atoms with Crippen molar-refractivity contribution in [2.24, 2.45) is 0 Å². The Bertz CT molecular complexity index is 903. The molecule has 2 N–H and O–H groups in total. The second-order valence-electron chi connectivity index (χ2n) is 8.18. The van der Waals surface area contributed by atoms with E-state index in [1.807, 2.05) is 43.3 Å². The fourth-order valence-corrected chi connectivity index (χ4v) is 3.45. The minimum absolute atomic E-state index is 0.177. The molecule has 0 bridgehead atoms. The lowest BCUT2D eigenvalue weighted by atomic mass is 10.1. The first kappa shape index (κ1) is 28.1. The molecule has 2 aromatic carbocycles. The molecule has 8 heteroatoms. The van der Waals surface area contributed by atoms with Crippen LogP contribution in [0, 0.1) is 6.92 Å². The molecule has 0 fully saturated rings. The summed E-state index contributed by atoms with van der Waals surface area (Å²) >= 11 is 0. The summed E-state index contributed by atoms with van der Waals surface area (Å²) in [5.74, 6) is -0.320. The molecule has 1 unspecified atom stereocenters. The lowest BCUT2D eigenvalue weighted by Crippen LogP contribution is -2.39. The summed E-state index contributed by atoms with van der Waals surface area (Å²) in [4.78, 5) is 26.0. The third-order valence-corrected chi connectivity index (χ3v) is 5.36. The number of para-hydroxylation sites is 1. The second kappa shape index (κ2) is 15.7. The number of benzene rings is 2. The molecule has 35 heavy (non-hydrogen) atoms. The van der Waals surface area contributed by atoms with Gasteiger partial charge in [-0.2, -0.15) is 0 Å². The molecule has 2 amide bonds. The van der Waals surface area contributed by atoms with Crippen LogP contribution in [0.15, 0.2) is 48.5 Å². The minimum Gasteiger partial charge on any atom is -0.492 e. The minimum atomic E-state index is -0.976. The summed E-state index contributed by atoms with van der Waals surface area (Å²) in [5.41, 5.74) is 2.63. The van der Waals surface area contributed by atoms with Gasteiger partial charge in [-0.05, 0) is 56.0 Å². The highest BCUT2D eigenvalue weighted by molar-refractivity contribution is 5.90. The van der Waals surface area contributed by atoms with E-state index in [9.17, 15) is 14.7 Å². The number of rotatable bonds is 16. The number of carboxylic acids is 1. The number of aliphatic carboxylic acids is 1. The summed E-state index contributed by atoms with van der Waals surface area (Å²) < 4.78 is 16.7. The van der Waals surface area contributed by atoms with Crippen LogP contribution in [-0.4, -0.2) is 67.6 Å². The number of nitrogens with one attached hydrogen (secondary N) is 1. The van der Waals surface area contributed by atoms with Gasteiger partial charge in [0.15, 0.2) is 6.10 Å². The number of hydrogen-bond acceptors (Lipinski definition) is 5. The van der Waals surface area contributed by atoms with Crippen molar-refractivity contribution in [2.45, 2.75) is 46.1 Å². The van der Waals surface area contributed by atoms with Gasteiger partial charge in [0.05, 0.1) is 6.54 Å². The Kier molecular flexibility index (Phi) is 12.7. The number of hydrogen-bond donors (Lipinski definition) is 2. The lowest BCUT2D eigenvalue weighted by Gasteiger charge is -2.24. The maximum Gasteiger partial charge on any atom is 0.333 e. The molecule has 0 aliphatic rings. The van der Waals surface area contributed by atoms with Gasteiger partial charge in [-0.15, -0.1) is 0 Å². The lowest BCUT2D eigenvalue weighted by molar-refractivity contribution is -0.149. The zero-order valence-corrected chi connectivity index (χ0v) is 21.0. The van der Waals surface area contributed by atoms with E-state index in [0.717, 1.165) is 29.7 Å². The summed E-state index contributed by atoms with van der Waals surface area (Å²) in [6.45, 7) is 8.75. The molecule has 0 aliphatic heterocycles. The van der Waals surface area contributed by atoms with Crippen LogP contribution < -0.4 is 10.1 Å². The first-order valence-electron chi connectivity index (χ1n) is 12.2. The highest BCUT2D eigenvalue weighted by Gasteiger charge is 2.18. The van der Waals surface area contributed by atoms with Crippen molar-refractivity contribution in [3.8, 4) is 5.75 Å². The normalized spacial score (nSPS) is 11.6. The fourth-order valence-electron chi connectivity index (χ4n) is 3.45. The first-order valence-corrected chi connectivity index (χ1v) is 12.2. The molecule has 0 spiro atoms. The Morgan fingerprint density at radius 3 is 2.40 bits per heavy atom. The third kappa shape index (κ3) is 10.4. The zero-order valence-electron chi connectivity index (χ0n) is 21.0. The summed E-state index contributed by atoms with van der Waals surface area (Å²) in [6, 6.07) is 14.8. The van der Waals surface area contributed by atoms with E-state index >= 15 is 0 Å². The van der Waals surface area contributed by atoms with E-state index in [-0.39, 0.29) is 12.5 Å². The molecule has 192 valence electrons. The molecular weight excluding hydrogens is 448 g/mol. The molecule has 2 rings (SSSR count). The highest BCUT2D eigenvalue weighted by atomic mass is 16.5. The predicted octanol–water partition coefficient (Wildman–Crippen LogP) is 4.76. The Morgan fingerprint density at radius 2 is 1.74 bits per heavy atom. The molecule has 0 aliphatic carbocycles. The average Bonchev–Trinajstić information content (AvgIpc) is 2.84. The number of nitrogens with zero attached hydrogens (tertiary/aromatic N) is 1. The second-order valence-corrected chi connectivity index (χ2v) is 8.18. The number of carboxylic acid groups (broad SMARTS) is 1. The van der Waals surface area contributed by atoms with E-state index in [1.165, 1.54) is 0 Å². The quantitative estimate of drug-likeness (QED) is 0.332. The van der Waals surface area contributed by atoms with E-state index in [0.29, 0.717) is 45.3 Å². The number of amides is 2. The molecule has 2 aromatic rings. The molecule has 8 nitrogen and oxygen atoms in total. The van der Waals surface area contributed by atoms with Gasteiger partial charge in [-0.3, -0.25) is 0 Å². The van der Waals surface area contributed by atoms with E-state index in [4.69, 9.17) is 14.2 Å². The SMILES string of the molecule is CCCOCCCN(CCOc1ccc(CC(OCC)C(=O)O)cc1)C(=O)Nc1ccccc1C. The van der Waals surface area contributed by atoms with Crippen LogP contribution in [0.1, 0.15) is 37.8 Å². The Labute approximate surface area is 208 Å². The van der Waals surface area contributed by atoms with Crippen molar-refractivity contribution in [3.63, 3.8) is 0 Å². The van der Waals surface area contributed by atoms with Gasteiger partial charge < -0.3 is 29.5 Å². The number of aryl methyl sites for hydroxylation is 1. The maximum atomic E-state index is 12.9.